The maximum Gasteiger partial charge on any atom is 0.157 e. The molecule has 2 unspecified atom stereocenters. The molecule has 1 aliphatic heterocycles. The van der Waals surface area contributed by atoms with E-state index in [1.165, 1.54) is 12.1 Å². The summed E-state index contributed by atoms with van der Waals surface area (Å²) >= 11 is 0. The highest BCUT2D eigenvalue weighted by molar-refractivity contribution is 8.93. The predicted octanol–water partition coefficient (Wildman–Crippen LogP) is 1.85. The number of nitrogens with one attached hydrogen (secondary N) is 1. The van der Waals surface area contributed by atoms with Gasteiger partial charge in [-0.25, -0.2) is 0 Å². The van der Waals surface area contributed by atoms with Gasteiger partial charge >= 0.3 is 0 Å². The summed E-state index contributed by atoms with van der Waals surface area (Å²) in [6, 6.07) is 4.49. The fourth-order valence-corrected chi connectivity index (χ4v) is 2.11. The Morgan fingerprint density at radius 2 is 1.94 bits per heavy atom. The van der Waals surface area contributed by atoms with Crippen molar-refractivity contribution in [1.82, 2.24) is 5.32 Å². The molecule has 1 fully saturated rings. The minimum absolute atomic E-state index is 0. The van der Waals surface area contributed by atoms with Crippen LogP contribution in [0.4, 0.5) is 0 Å². The number of aliphatic hydroxyl groups excluding tert-OH is 1. The van der Waals surface area contributed by atoms with Crippen molar-refractivity contribution in [1.29, 1.82) is 0 Å². The van der Waals surface area contributed by atoms with Crippen LogP contribution in [0, 0.1) is 0 Å². The smallest absolute Gasteiger partial charge is 0.157 e. The van der Waals surface area contributed by atoms with Crippen molar-refractivity contribution < 1.29 is 15.3 Å². The molecule has 2 rings (SSSR count). The number of hydrogen-bond donors (Lipinski definition) is 4. The van der Waals surface area contributed by atoms with Gasteiger partial charge in [0.2, 0.25) is 0 Å². The van der Waals surface area contributed by atoms with Crippen LogP contribution in [-0.4, -0.2) is 27.9 Å². The van der Waals surface area contributed by atoms with Gasteiger partial charge in [0.1, 0.15) is 0 Å². The fourth-order valence-electron chi connectivity index (χ4n) is 2.11. The van der Waals surface area contributed by atoms with Gasteiger partial charge in [-0.3, -0.25) is 0 Å². The van der Waals surface area contributed by atoms with Crippen molar-refractivity contribution in [2.45, 2.75) is 31.4 Å². The van der Waals surface area contributed by atoms with Crippen LogP contribution in [0.3, 0.4) is 0 Å². The van der Waals surface area contributed by atoms with Crippen molar-refractivity contribution >= 4 is 17.0 Å². The van der Waals surface area contributed by atoms with Crippen molar-refractivity contribution in [2.24, 2.45) is 0 Å². The first-order chi connectivity index (χ1) is 7.68. The van der Waals surface area contributed by atoms with Crippen LogP contribution in [0.25, 0.3) is 0 Å². The number of aromatic hydroxyl groups is 2. The van der Waals surface area contributed by atoms with E-state index in [1.54, 1.807) is 6.07 Å². The third kappa shape index (κ3) is 3.34. The zero-order chi connectivity index (χ0) is 11.5. The fraction of sp³-hybridized carbons (Fsp3) is 0.500. The van der Waals surface area contributed by atoms with Gasteiger partial charge in [-0.15, -0.1) is 17.0 Å². The largest absolute Gasteiger partial charge is 0.504 e. The van der Waals surface area contributed by atoms with E-state index in [1.807, 2.05) is 0 Å². The molecule has 1 aromatic carbocycles. The van der Waals surface area contributed by atoms with Gasteiger partial charge in [0, 0.05) is 6.04 Å². The number of phenols is 2. The minimum atomic E-state index is -0.633. The lowest BCUT2D eigenvalue weighted by atomic mass is 9.95. The lowest BCUT2D eigenvalue weighted by Crippen LogP contribution is -2.38. The molecule has 0 aliphatic carbocycles. The molecule has 0 aromatic heterocycles. The quantitative estimate of drug-likeness (QED) is 0.629. The van der Waals surface area contributed by atoms with E-state index in [-0.39, 0.29) is 34.5 Å². The molecule has 1 aromatic rings. The molecule has 1 saturated heterocycles. The van der Waals surface area contributed by atoms with Crippen molar-refractivity contribution in [3.8, 4) is 11.5 Å². The maximum atomic E-state index is 10.1. The molecule has 96 valence electrons. The van der Waals surface area contributed by atoms with Gasteiger partial charge in [0.05, 0.1) is 6.10 Å². The molecule has 4 nitrogen and oxygen atoms in total. The van der Waals surface area contributed by atoms with Gasteiger partial charge in [0.25, 0.3) is 0 Å². The molecule has 0 saturated carbocycles. The summed E-state index contributed by atoms with van der Waals surface area (Å²) in [6.45, 7) is 0.922. The summed E-state index contributed by atoms with van der Waals surface area (Å²) in [6.07, 6.45) is 2.55. The van der Waals surface area contributed by atoms with Crippen LogP contribution < -0.4 is 5.32 Å². The predicted molar refractivity (Wildman–Crippen MR) is 70.7 cm³/mol. The molecule has 0 bridgehead atoms. The maximum absolute atomic E-state index is 10.1. The number of benzene rings is 1. The third-order valence-corrected chi connectivity index (χ3v) is 3.07. The number of piperidine rings is 1. The first kappa shape index (κ1) is 14.3. The second-order valence-electron chi connectivity index (χ2n) is 4.25. The first-order valence-corrected chi connectivity index (χ1v) is 5.62. The van der Waals surface area contributed by atoms with Crippen molar-refractivity contribution in [3.63, 3.8) is 0 Å². The Hall–Kier alpha value is -0.780. The van der Waals surface area contributed by atoms with Crippen LogP contribution in [0.2, 0.25) is 0 Å². The average Bonchev–Trinajstić information content (AvgIpc) is 2.33. The molecule has 4 N–H and O–H groups in total. The molecule has 1 heterocycles. The summed E-state index contributed by atoms with van der Waals surface area (Å²) in [5.41, 5.74) is 0.634. The lowest BCUT2D eigenvalue weighted by molar-refractivity contribution is 0.113. The Morgan fingerprint density at radius 1 is 1.18 bits per heavy atom. The number of aliphatic hydroxyl groups is 1. The Morgan fingerprint density at radius 3 is 2.53 bits per heavy atom. The van der Waals surface area contributed by atoms with E-state index < -0.39 is 6.10 Å². The van der Waals surface area contributed by atoms with E-state index in [4.69, 9.17) is 0 Å². The standard InChI is InChI=1S/C12H17NO3.BrH/c14-10-5-4-8(7-11(10)15)12(16)9-3-1-2-6-13-9;/h4-5,7,9,12-16H,1-3,6H2;1H. The Bertz CT molecular complexity index is 367. The molecule has 0 radical (unpaired) electrons. The van der Waals surface area contributed by atoms with Crippen LogP contribution in [0.1, 0.15) is 30.9 Å². The van der Waals surface area contributed by atoms with Crippen LogP contribution in [0.5, 0.6) is 11.5 Å². The topological polar surface area (TPSA) is 72.7 Å². The first-order valence-electron chi connectivity index (χ1n) is 5.62. The van der Waals surface area contributed by atoms with Gasteiger partial charge < -0.3 is 20.6 Å². The second-order valence-corrected chi connectivity index (χ2v) is 4.25. The molecule has 0 amide bonds. The lowest BCUT2D eigenvalue weighted by Gasteiger charge is -2.28. The zero-order valence-electron chi connectivity index (χ0n) is 9.47. The van der Waals surface area contributed by atoms with Gasteiger partial charge in [-0.2, -0.15) is 0 Å². The number of phenolic OH excluding ortho intramolecular Hbond substituents is 2. The second kappa shape index (κ2) is 6.23. The summed E-state index contributed by atoms with van der Waals surface area (Å²) in [4.78, 5) is 0. The SMILES string of the molecule is Br.Oc1ccc(C(O)C2CCCCN2)cc1O. The monoisotopic (exact) mass is 303 g/mol. The number of rotatable bonds is 2. The van der Waals surface area contributed by atoms with E-state index in [0.717, 1.165) is 25.8 Å². The molecule has 1 aliphatic rings. The highest BCUT2D eigenvalue weighted by Crippen LogP contribution is 2.30. The highest BCUT2D eigenvalue weighted by atomic mass is 79.9. The van der Waals surface area contributed by atoms with Gasteiger partial charge in [0.15, 0.2) is 11.5 Å². The average molecular weight is 304 g/mol. The van der Waals surface area contributed by atoms with Crippen LogP contribution in [-0.2, 0) is 0 Å². The van der Waals surface area contributed by atoms with E-state index >= 15 is 0 Å². The summed E-state index contributed by atoms with van der Waals surface area (Å²) in [7, 11) is 0. The summed E-state index contributed by atoms with van der Waals surface area (Å²) in [5.74, 6) is -0.347. The Kier molecular flexibility index (Phi) is 5.24. The molecule has 0 spiro atoms. The van der Waals surface area contributed by atoms with Crippen molar-refractivity contribution in [2.75, 3.05) is 6.54 Å². The van der Waals surface area contributed by atoms with E-state index in [9.17, 15) is 15.3 Å². The van der Waals surface area contributed by atoms with E-state index in [0.29, 0.717) is 5.56 Å². The molecule has 17 heavy (non-hydrogen) atoms. The molecule has 2 atom stereocenters. The Labute approximate surface area is 111 Å². The number of hydrogen-bond acceptors (Lipinski definition) is 4. The Balaban J connectivity index is 0.00000144. The molecular formula is C12H18BrNO3. The zero-order valence-corrected chi connectivity index (χ0v) is 11.2. The van der Waals surface area contributed by atoms with Crippen LogP contribution >= 0.6 is 17.0 Å². The minimum Gasteiger partial charge on any atom is -0.504 e. The molecular weight excluding hydrogens is 286 g/mol. The number of halogens is 1. The van der Waals surface area contributed by atoms with Crippen LogP contribution in [0.15, 0.2) is 18.2 Å². The van der Waals surface area contributed by atoms with E-state index in [2.05, 4.69) is 5.32 Å². The summed E-state index contributed by atoms with van der Waals surface area (Å²) < 4.78 is 0. The summed E-state index contributed by atoms with van der Waals surface area (Å²) in [5, 5.41) is 31.9. The normalized spacial score (nSPS) is 21.6. The highest BCUT2D eigenvalue weighted by Gasteiger charge is 2.23. The third-order valence-electron chi connectivity index (χ3n) is 3.07. The van der Waals surface area contributed by atoms with Gasteiger partial charge in [-0.1, -0.05) is 12.5 Å². The molecule has 5 heteroatoms. The van der Waals surface area contributed by atoms with Gasteiger partial charge in [-0.05, 0) is 37.1 Å². The van der Waals surface area contributed by atoms with Crippen molar-refractivity contribution in [3.05, 3.63) is 23.8 Å².